The highest BCUT2D eigenvalue weighted by Gasteiger charge is 2.33. The third-order valence-electron chi connectivity index (χ3n) is 2.57. The van der Waals surface area contributed by atoms with Gasteiger partial charge in [-0.15, -0.1) is 11.3 Å². The molecule has 8 heteroatoms. The predicted octanol–water partition coefficient (Wildman–Crippen LogP) is 4.39. The molecule has 112 valence electrons. The second-order valence-electron chi connectivity index (χ2n) is 4.21. The van der Waals surface area contributed by atoms with Crippen molar-refractivity contribution in [1.82, 2.24) is 4.98 Å². The molecule has 2 rings (SSSR count). The van der Waals surface area contributed by atoms with Gasteiger partial charge in [0.15, 0.2) is 10.8 Å². The monoisotopic (exact) mass is 334 g/mol. The average Bonchev–Trinajstić information content (AvgIpc) is 2.85. The first kappa shape index (κ1) is 15.8. The largest absolute Gasteiger partial charge is 0.434 e. The summed E-state index contributed by atoms with van der Waals surface area (Å²) < 4.78 is 37.1. The molecule has 0 saturated heterocycles. The number of aryl methyl sites for hydroxylation is 1. The van der Waals surface area contributed by atoms with Gasteiger partial charge in [0.2, 0.25) is 5.91 Å². The summed E-state index contributed by atoms with van der Waals surface area (Å²) in [6.45, 7) is 0. The Morgan fingerprint density at radius 2 is 2.14 bits per heavy atom. The summed E-state index contributed by atoms with van der Waals surface area (Å²) in [5.74, 6) is -0.391. The van der Waals surface area contributed by atoms with Gasteiger partial charge in [-0.25, -0.2) is 4.98 Å². The topological polar surface area (TPSA) is 42.0 Å². The Bertz CT molecular complexity index is 642. The van der Waals surface area contributed by atoms with E-state index < -0.39 is 17.8 Å². The number of anilines is 1. The molecule has 0 atom stereocenters. The van der Waals surface area contributed by atoms with Crippen LogP contribution in [0.4, 0.5) is 18.3 Å². The van der Waals surface area contributed by atoms with Gasteiger partial charge in [0.05, 0.1) is 0 Å². The highest BCUT2D eigenvalue weighted by atomic mass is 35.5. The Labute approximate surface area is 127 Å². The number of benzene rings is 1. The first-order valence-corrected chi connectivity index (χ1v) is 7.17. The zero-order chi connectivity index (χ0) is 15.5. The van der Waals surface area contributed by atoms with Crippen molar-refractivity contribution in [2.24, 2.45) is 0 Å². The van der Waals surface area contributed by atoms with Crippen molar-refractivity contribution in [2.45, 2.75) is 19.0 Å². The smallest absolute Gasteiger partial charge is 0.302 e. The molecule has 0 spiro atoms. The van der Waals surface area contributed by atoms with E-state index >= 15 is 0 Å². The van der Waals surface area contributed by atoms with Crippen molar-refractivity contribution in [3.05, 3.63) is 45.9 Å². The molecular formula is C13H10ClF3N2OS. The predicted molar refractivity (Wildman–Crippen MR) is 75.5 cm³/mol. The molecule has 1 aromatic heterocycles. The van der Waals surface area contributed by atoms with Crippen molar-refractivity contribution in [2.75, 3.05) is 5.32 Å². The van der Waals surface area contributed by atoms with Gasteiger partial charge < -0.3 is 5.32 Å². The van der Waals surface area contributed by atoms with Gasteiger partial charge in [0, 0.05) is 16.8 Å². The number of carbonyl (C=O) groups is 1. The van der Waals surface area contributed by atoms with E-state index in [-0.39, 0.29) is 11.6 Å². The highest BCUT2D eigenvalue weighted by Crippen LogP contribution is 2.31. The number of halogens is 4. The Hall–Kier alpha value is -1.60. The van der Waals surface area contributed by atoms with Crippen LogP contribution in [0.25, 0.3) is 0 Å². The molecule has 0 bridgehead atoms. The van der Waals surface area contributed by atoms with Gasteiger partial charge in [-0.05, 0) is 24.1 Å². The molecule has 3 nitrogen and oxygen atoms in total. The summed E-state index contributed by atoms with van der Waals surface area (Å²) >= 11 is 6.56. The van der Waals surface area contributed by atoms with E-state index in [4.69, 9.17) is 11.6 Å². The Kier molecular flexibility index (Phi) is 4.84. The van der Waals surface area contributed by atoms with Crippen LogP contribution in [0.15, 0.2) is 29.6 Å². The fourth-order valence-corrected chi connectivity index (χ4v) is 2.54. The van der Waals surface area contributed by atoms with Crippen LogP contribution >= 0.6 is 22.9 Å². The average molecular weight is 335 g/mol. The maximum atomic E-state index is 12.4. The third-order valence-corrected chi connectivity index (χ3v) is 3.56. The second kappa shape index (κ2) is 6.44. The summed E-state index contributed by atoms with van der Waals surface area (Å²) in [5.41, 5.74) is -0.120. The van der Waals surface area contributed by atoms with Crippen LogP contribution in [0, 0.1) is 0 Å². The fourth-order valence-electron chi connectivity index (χ4n) is 1.59. The van der Waals surface area contributed by atoms with Crippen molar-refractivity contribution < 1.29 is 18.0 Å². The molecule has 1 N–H and O–H groups in total. The summed E-state index contributed by atoms with van der Waals surface area (Å²) in [5, 5.41) is 3.74. The highest BCUT2D eigenvalue weighted by molar-refractivity contribution is 7.13. The van der Waals surface area contributed by atoms with Crippen LogP contribution in [0.1, 0.15) is 17.7 Å². The number of rotatable bonds is 4. The first-order valence-electron chi connectivity index (χ1n) is 5.91. The molecule has 1 aromatic carbocycles. The molecule has 0 unspecified atom stereocenters. The molecule has 1 amide bonds. The molecule has 0 aliphatic carbocycles. The van der Waals surface area contributed by atoms with Gasteiger partial charge in [-0.1, -0.05) is 23.7 Å². The lowest BCUT2D eigenvalue weighted by molar-refractivity contribution is -0.140. The van der Waals surface area contributed by atoms with Crippen LogP contribution in [-0.4, -0.2) is 10.9 Å². The minimum atomic E-state index is -4.50. The molecule has 2 aromatic rings. The maximum Gasteiger partial charge on any atom is 0.434 e. The van der Waals surface area contributed by atoms with E-state index in [0.717, 1.165) is 22.3 Å². The number of aromatic nitrogens is 1. The van der Waals surface area contributed by atoms with Crippen molar-refractivity contribution in [3.8, 4) is 0 Å². The van der Waals surface area contributed by atoms with Crippen LogP contribution in [-0.2, 0) is 17.4 Å². The lowest BCUT2D eigenvalue weighted by Crippen LogP contribution is -2.13. The normalized spacial score (nSPS) is 11.4. The van der Waals surface area contributed by atoms with E-state index in [9.17, 15) is 18.0 Å². The van der Waals surface area contributed by atoms with Crippen molar-refractivity contribution in [3.63, 3.8) is 0 Å². The summed E-state index contributed by atoms with van der Waals surface area (Å²) in [6, 6.07) is 7.05. The quantitative estimate of drug-likeness (QED) is 0.901. The zero-order valence-electron chi connectivity index (χ0n) is 10.6. The number of nitrogens with one attached hydrogen (secondary N) is 1. The van der Waals surface area contributed by atoms with E-state index in [0.29, 0.717) is 11.4 Å². The van der Waals surface area contributed by atoms with Crippen LogP contribution in [0.2, 0.25) is 5.02 Å². The van der Waals surface area contributed by atoms with Crippen LogP contribution in [0.3, 0.4) is 0 Å². The number of thiazole rings is 1. The molecule has 1 heterocycles. The van der Waals surface area contributed by atoms with Crippen LogP contribution in [0.5, 0.6) is 0 Å². The van der Waals surface area contributed by atoms with Gasteiger partial charge in [0.25, 0.3) is 0 Å². The number of alkyl halides is 3. The van der Waals surface area contributed by atoms with Crippen molar-refractivity contribution >= 4 is 34.0 Å². The van der Waals surface area contributed by atoms with E-state index in [2.05, 4.69) is 10.3 Å². The van der Waals surface area contributed by atoms with Gasteiger partial charge in [0.1, 0.15) is 0 Å². The molecule has 0 saturated carbocycles. The summed E-state index contributed by atoms with van der Waals surface area (Å²) in [6.07, 6.45) is -3.91. The molecule has 0 fully saturated rings. The molecule has 0 radical (unpaired) electrons. The van der Waals surface area contributed by atoms with E-state index in [1.54, 1.807) is 18.2 Å². The molecule has 0 aliphatic rings. The lowest BCUT2D eigenvalue weighted by Gasteiger charge is -2.03. The first-order chi connectivity index (χ1) is 9.84. The van der Waals surface area contributed by atoms with E-state index in [1.165, 1.54) is 0 Å². The van der Waals surface area contributed by atoms with Crippen molar-refractivity contribution in [1.29, 1.82) is 0 Å². The van der Waals surface area contributed by atoms with E-state index in [1.807, 2.05) is 6.07 Å². The number of carbonyl (C=O) groups excluding carboxylic acids is 1. The molecule has 0 aliphatic heterocycles. The number of hydrogen-bond acceptors (Lipinski definition) is 3. The Morgan fingerprint density at radius 1 is 1.38 bits per heavy atom. The molecule has 21 heavy (non-hydrogen) atoms. The number of nitrogens with zero attached hydrogens (tertiary/aromatic N) is 1. The van der Waals surface area contributed by atoms with Gasteiger partial charge >= 0.3 is 6.18 Å². The van der Waals surface area contributed by atoms with Gasteiger partial charge in [-0.3, -0.25) is 4.79 Å². The summed E-state index contributed by atoms with van der Waals surface area (Å²) in [7, 11) is 0. The molecular weight excluding hydrogens is 325 g/mol. The number of hydrogen-bond donors (Lipinski definition) is 1. The van der Waals surface area contributed by atoms with Crippen LogP contribution < -0.4 is 5.32 Å². The minimum absolute atomic E-state index is 0.0570. The number of amides is 1. The summed E-state index contributed by atoms with van der Waals surface area (Å²) in [4.78, 5) is 15.0. The Morgan fingerprint density at radius 3 is 2.76 bits per heavy atom. The second-order valence-corrected chi connectivity index (χ2v) is 5.51. The van der Waals surface area contributed by atoms with Gasteiger partial charge in [-0.2, -0.15) is 13.2 Å². The lowest BCUT2D eigenvalue weighted by atomic mass is 10.1. The third kappa shape index (κ3) is 4.71. The Balaban J connectivity index is 1.89. The minimum Gasteiger partial charge on any atom is -0.302 e. The zero-order valence-corrected chi connectivity index (χ0v) is 12.1. The fraction of sp³-hybridized carbons (Fsp3) is 0.231. The SMILES string of the molecule is O=C(CCc1cccc(Cl)c1)Nc1nc(C(F)(F)F)cs1. The maximum absolute atomic E-state index is 12.4. The standard InChI is InChI=1S/C13H10ClF3N2OS/c14-9-3-1-2-8(6-9)4-5-11(20)19-12-18-10(7-21-12)13(15,16)17/h1-3,6-7H,4-5H2,(H,18,19,20).